The van der Waals surface area contributed by atoms with Gasteiger partial charge in [-0.25, -0.2) is 8.42 Å². The number of carbonyl (C=O) groups excluding carboxylic acids is 4. The fourth-order valence-electron chi connectivity index (χ4n) is 8.39. The maximum Gasteiger partial charge on any atom is 0.307 e. The quantitative estimate of drug-likeness (QED) is 0.254. The average Bonchev–Trinajstić information content (AvgIpc) is 3.89. The van der Waals surface area contributed by atoms with E-state index in [1.807, 2.05) is 43.3 Å². The van der Waals surface area contributed by atoms with E-state index in [2.05, 4.69) is 26.8 Å². The summed E-state index contributed by atoms with van der Waals surface area (Å²) in [6, 6.07) is 6.50. The smallest absolute Gasteiger partial charge is 0.307 e. The number of ether oxygens (including phenoxy) is 2. The van der Waals surface area contributed by atoms with Crippen LogP contribution in [-0.2, 0) is 33.9 Å². The minimum absolute atomic E-state index is 0.0332. The van der Waals surface area contributed by atoms with Crippen LogP contribution in [0, 0.1) is 29.1 Å². The van der Waals surface area contributed by atoms with Gasteiger partial charge in [-0.2, -0.15) is 4.98 Å². The van der Waals surface area contributed by atoms with Crippen molar-refractivity contribution in [1.82, 2.24) is 29.2 Å². The Balaban J connectivity index is 1.24. The summed E-state index contributed by atoms with van der Waals surface area (Å²) < 4.78 is 41.8. The fourth-order valence-corrected chi connectivity index (χ4v) is 9.72. The minimum atomic E-state index is -3.96. The normalized spacial score (nSPS) is 30.5. The van der Waals surface area contributed by atoms with Crippen molar-refractivity contribution in [2.75, 3.05) is 6.54 Å². The molecule has 4 heterocycles. The molecule has 0 bridgehead atoms. The second-order valence-electron chi connectivity index (χ2n) is 17.6. The molecular weight excluding hydrogens is 725 g/mol. The molecule has 15 heteroatoms. The monoisotopic (exact) mass is 776 g/mol. The van der Waals surface area contributed by atoms with Gasteiger partial charge in [0.25, 0.3) is 5.78 Å². The predicted octanol–water partition coefficient (Wildman–Crippen LogP) is 4.95. The molecule has 0 radical (unpaired) electrons. The van der Waals surface area contributed by atoms with Crippen LogP contribution in [0.15, 0.2) is 42.7 Å². The van der Waals surface area contributed by atoms with Crippen molar-refractivity contribution in [2.24, 2.45) is 29.1 Å². The number of allylic oxidation sites excluding steroid dienone is 2. The van der Waals surface area contributed by atoms with Gasteiger partial charge in [-0.1, -0.05) is 38.1 Å². The summed E-state index contributed by atoms with van der Waals surface area (Å²) >= 11 is 0. The van der Waals surface area contributed by atoms with Gasteiger partial charge in [-0.3, -0.25) is 28.3 Å². The lowest BCUT2D eigenvalue weighted by Gasteiger charge is -2.32. The topological polar surface area (TPSA) is 179 Å². The van der Waals surface area contributed by atoms with Gasteiger partial charge in [0.1, 0.15) is 18.0 Å². The third kappa shape index (κ3) is 7.86. The van der Waals surface area contributed by atoms with E-state index in [9.17, 15) is 27.6 Å². The Kier molecular flexibility index (Phi) is 10.1. The number of aromatic nitrogens is 4. The van der Waals surface area contributed by atoms with Crippen LogP contribution in [0.3, 0.4) is 0 Å². The van der Waals surface area contributed by atoms with E-state index in [4.69, 9.17) is 9.47 Å². The van der Waals surface area contributed by atoms with E-state index < -0.39 is 55.7 Å². The number of nitrogens with one attached hydrogen (secondary N) is 1. The maximum absolute atomic E-state index is 14.9. The van der Waals surface area contributed by atoms with Crippen molar-refractivity contribution in [3.05, 3.63) is 42.7 Å². The number of Topliss-reactive ketones (excluding diaryl/α,β-unsaturated/α-hetero) is 1. The number of hydrogen-bond donors (Lipinski definition) is 1. The minimum Gasteiger partial charge on any atom is -0.472 e. The Labute approximate surface area is 321 Å². The van der Waals surface area contributed by atoms with Crippen molar-refractivity contribution in [1.29, 1.82) is 0 Å². The lowest BCUT2D eigenvalue weighted by molar-refractivity contribution is -0.160. The first-order valence-electron chi connectivity index (χ1n) is 19.4. The summed E-state index contributed by atoms with van der Waals surface area (Å²) in [4.78, 5) is 63.0. The summed E-state index contributed by atoms with van der Waals surface area (Å²) in [5.74, 6) is -2.44. The lowest BCUT2D eigenvalue weighted by atomic mass is 9.82. The van der Waals surface area contributed by atoms with Gasteiger partial charge >= 0.3 is 5.97 Å². The molecule has 2 aliphatic carbocycles. The number of carbonyl (C=O) groups is 4. The number of esters is 1. The van der Waals surface area contributed by atoms with Crippen molar-refractivity contribution in [3.8, 4) is 5.88 Å². The zero-order valence-electron chi connectivity index (χ0n) is 32.5. The third-order valence-corrected chi connectivity index (χ3v) is 14.2. The molecule has 7 atom stereocenters. The molecule has 3 aromatic rings. The summed E-state index contributed by atoms with van der Waals surface area (Å²) in [6.45, 7) is 11.1. The molecule has 0 unspecified atom stereocenters. The largest absolute Gasteiger partial charge is 0.472 e. The summed E-state index contributed by atoms with van der Waals surface area (Å²) in [5, 5.41) is 8.81. The molecule has 1 saturated heterocycles. The highest BCUT2D eigenvalue weighted by molar-refractivity contribution is 7.91. The molecule has 0 spiro atoms. The van der Waals surface area contributed by atoms with E-state index in [-0.39, 0.29) is 61.1 Å². The van der Waals surface area contributed by atoms with Gasteiger partial charge in [-0.05, 0) is 96.1 Å². The van der Waals surface area contributed by atoms with Gasteiger partial charge in [0.15, 0.2) is 5.78 Å². The third-order valence-electron chi connectivity index (χ3n) is 12.0. The Hall–Kier alpha value is -4.40. The maximum atomic E-state index is 14.9. The standard InChI is InChI=1S/C40H52N6O8S/c1-24-11-7-8-12-26-20-40(26,36(50)44-55(51,52)39(6)15-16-39)21-32(47)31-18-27(53-34-28-13-9-10-14-30(28)46-23-41-43-37(46)42-34)22-45(31)35(49)29(25(2)17-24)19-33(48)54-38(3,4)5/h8-10,12-14,23-27,29,31H,7,11,15-22H2,1-6H3,(H,44,50)/b12-8-/t24-,25-,26-,27-,29+,31+,40-/m1/s1. The molecular formula is C40H52N6O8S. The fraction of sp³-hybridized carbons (Fsp3) is 0.625. The number of nitrogens with zero attached hydrogens (tertiary/aromatic N) is 5. The van der Waals surface area contributed by atoms with Crippen LogP contribution in [0.2, 0.25) is 0 Å². The van der Waals surface area contributed by atoms with E-state index in [1.165, 1.54) is 4.90 Å². The number of amides is 2. The molecule has 55 heavy (non-hydrogen) atoms. The predicted molar refractivity (Wildman–Crippen MR) is 203 cm³/mol. The second kappa shape index (κ2) is 14.3. The highest BCUT2D eigenvalue weighted by Gasteiger charge is 2.62. The van der Waals surface area contributed by atoms with E-state index >= 15 is 0 Å². The van der Waals surface area contributed by atoms with E-state index in [0.717, 1.165) is 11.9 Å². The number of hydrogen-bond acceptors (Lipinski definition) is 11. The Bertz CT molecular complexity index is 2160. The van der Waals surface area contributed by atoms with Crippen LogP contribution in [0.5, 0.6) is 5.88 Å². The van der Waals surface area contributed by atoms with Crippen LogP contribution in [0.25, 0.3) is 16.7 Å². The van der Waals surface area contributed by atoms with Gasteiger partial charge < -0.3 is 14.4 Å². The van der Waals surface area contributed by atoms with Crippen molar-refractivity contribution >= 4 is 50.3 Å². The zero-order chi connectivity index (χ0) is 39.5. The molecule has 296 valence electrons. The number of para-hydroxylation sites is 1. The Morgan fingerprint density at radius 1 is 1.09 bits per heavy atom. The van der Waals surface area contributed by atoms with Crippen LogP contribution in [-0.4, -0.2) is 85.5 Å². The number of ketones is 1. The summed E-state index contributed by atoms with van der Waals surface area (Å²) in [5.41, 5.74) is -1.26. The molecule has 2 saturated carbocycles. The van der Waals surface area contributed by atoms with E-state index in [0.29, 0.717) is 43.3 Å². The number of benzene rings is 1. The first kappa shape index (κ1) is 38.9. The van der Waals surface area contributed by atoms with Gasteiger partial charge in [0.2, 0.25) is 27.7 Å². The molecule has 1 aromatic carbocycles. The summed E-state index contributed by atoms with van der Waals surface area (Å²) in [6.07, 6.45) is 7.97. The van der Waals surface area contributed by atoms with Gasteiger partial charge in [-0.15, -0.1) is 10.2 Å². The zero-order valence-corrected chi connectivity index (χ0v) is 33.3. The first-order chi connectivity index (χ1) is 25.9. The van der Waals surface area contributed by atoms with Crippen molar-refractivity contribution < 1.29 is 37.1 Å². The molecule has 7 rings (SSSR count). The summed E-state index contributed by atoms with van der Waals surface area (Å²) in [7, 11) is -3.96. The number of sulfonamides is 1. The number of rotatable bonds is 7. The molecule has 4 aliphatic rings. The SMILES string of the molecule is C[C@@H]1CC/C=C\[C@@H]2C[C@@]2(C(=O)NS(=O)(=O)C2(C)CC2)CC(=O)[C@@H]2C[C@@H](Oc3nc4nncn4c4ccccc34)CN2C(=O)[C@@H](CC(=O)OC(C)(C)C)[C@H](C)C1. The Morgan fingerprint density at radius 3 is 2.56 bits per heavy atom. The van der Waals surface area contributed by atoms with Crippen LogP contribution in [0.1, 0.15) is 99.3 Å². The van der Waals surface area contributed by atoms with Crippen molar-refractivity contribution in [2.45, 2.75) is 122 Å². The highest BCUT2D eigenvalue weighted by atomic mass is 32.2. The van der Waals surface area contributed by atoms with Crippen molar-refractivity contribution in [3.63, 3.8) is 0 Å². The van der Waals surface area contributed by atoms with Crippen LogP contribution >= 0.6 is 0 Å². The first-order valence-corrected chi connectivity index (χ1v) is 20.9. The number of fused-ring (bicyclic) bond motifs is 5. The highest BCUT2D eigenvalue weighted by Crippen LogP contribution is 2.57. The molecule has 14 nitrogen and oxygen atoms in total. The average molecular weight is 777 g/mol. The molecule has 2 aromatic heterocycles. The Morgan fingerprint density at radius 2 is 1.84 bits per heavy atom. The van der Waals surface area contributed by atoms with Gasteiger partial charge in [0, 0.05) is 12.8 Å². The van der Waals surface area contributed by atoms with Gasteiger partial charge in [0.05, 0.1) is 46.0 Å². The van der Waals surface area contributed by atoms with Crippen LogP contribution < -0.4 is 9.46 Å². The molecule has 2 amide bonds. The molecule has 3 fully saturated rings. The molecule has 1 N–H and O–H groups in total. The lowest BCUT2D eigenvalue weighted by Crippen LogP contribution is -2.48. The molecule has 2 aliphatic heterocycles. The second-order valence-corrected chi connectivity index (χ2v) is 19.8. The van der Waals surface area contributed by atoms with E-state index in [1.54, 1.807) is 38.4 Å². The van der Waals surface area contributed by atoms with Crippen LogP contribution in [0.4, 0.5) is 0 Å².